The largest absolute Gasteiger partial charge is 0.507 e. The van der Waals surface area contributed by atoms with Crippen LogP contribution in [0.3, 0.4) is 0 Å². The molecule has 2 rings (SSSR count). The molecule has 0 fully saturated rings. The molecule has 4 heteroatoms. The maximum atomic E-state index is 12.0. The monoisotopic (exact) mass is 292 g/mol. The third kappa shape index (κ3) is 3.37. The Balaban J connectivity index is 2.26. The number of benzene rings is 2. The van der Waals surface area contributed by atoms with Crippen molar-refractivity contribution in [3.05, 3.63) is 69.7 Å². The molecule has 0 saturated carbocycles. The molecule has 0 amide bonds. The van der Waals surface area contributed by atoms with Gasteiger partial charge in [0.25, 0.3) is 0 Å². The average molecular weight is 293 g/mol. The van der Waals surface area contributed by atoms with Crippen molar-refractivity contribution in [2.75, 3.05) is 0 Å². The van der Waals surface area contributed by atoms with E-state index in [0.29, 0.717) is 10.0 Å². The summed E-state index contributed by atoms with van der Waals surface area (Å²) in [4.78, 5) is 12.0. The molecule has 2 aromatic rings. The lowest BCUT2D eigenvalue weighted by atomic mass is 10.1. The number of hydrogen-bond acceptors (Lipinski definition) is 2. The van der Waals surface area contributed by atoms with Crippen LogP contribution in [0.2, 0.25) is 10.0 Å². The second-order valence-corrected chi connectivity index (χ2v) is 4.72. The van der Waals surface area contributed by atoms with Gasteiger partial charge in [0, 0.05) is 10.0 Å². The highest BCUT2D eigenvalue weighted by Crippen LogP contribution is 2.23. The fourth-order valence-corrected chi connectivity index (χ4v) is 1.94. The molecule has 2 aromatic carbocycles. The van der Waals surface area contributed by atoms with E-state index in [1.807, 2.05) is 12.1 Å². The zero-order valence-corrected chi connectivity index (χ0v) is 11.3. The first kappa shape index (κ1) is 13.7. The Hall–Kier alpha value is -1.77. The molecule has 0 aliphatic heterocycles. The summed E-state index contributed by atoms with van der Waals surface area (Å²) < 4.78 is 0. The van der Waals surface area contributed by atoms with Crippen molar-refractivity contribution in [2.24, 2.45) is 0 Å². The van der Waals surface area contributed by atoms with Crippen LogP contribution in [0.15, 0.2) is 48.5 Å². The van der Waals surface area contributed by atoms with Crippen molar-refractivity contribution in [3.63, 3.8) is 0 Å². The van der Waals surface area contributed by atoms with Crippen LogP contribution < -0.4 is 0 Å². The van der Waals surface area contributed by atoms with Gasteiger partial charge in [-0.15, -0.1) is 0 Å². The summed E-state index contributed by atoms with van der Waals surface area (Å²) in [6.45, 7) is 0. The van der Waals surface area contributed by atoms with E-state index in [-0.39, 0.29) is 17.1 Å². The van der Waals surface area contributed by atoms with E-state index in [0.717, 1.165) is 5.56 Å². The summed E-state index contributed by atoms with van der Waals surface area (Å²) in [5, 5.41) is 10.6. The highest BCUT2D eigenvalue weighted by atomic mass is 35.5. The van der Waals surface area contributed by atoms with Crippen molar-refractivity contribution < 1.29 is 9.90 Å². The summed E-state index contributed by atoms with van der Waals surface area (Å²) >= 11 is 11.8. The molecular weight excluding hydrogens is 283 g/mol. The van der Waals surface area contributed by atoms with Gasteiger partial charge in [-0.05, 0) is 42.0 Å². The van der Waals surface area contributed by atoms with Crippen LogP contribution in [0, 0.1) is 0 Å². The molecule has 0 aliphatic carbocycles. The van der Waals surface area contributed by atoms with Crippen LogP contribution in [0.4, 0.5) is 0 Å². The average Bonchev–Trinajstić information content (AvgIpc) is 2.40. The highest BCUT2D eigenvalue weighted by Gasteiger charge is 2.08. The Morgan fingerprint density at radius 2 is 1.84 bits per heavy atom. The lowest BCUT2D eigenvalue weighted by Gasteiger charge is -2.01. The minimum atomic E-state index is -0.333. The molecule has 0 spiro atoms. The third-order valence-corrected chi connectivity index (χ3v) is 3.12. The topological polar surface area (TPSA) is 37.3 Å². The Morgan fingerprint density at radius 3 is 2.58 bits per heavy atom. The summed E-state index contributed by atoms with van der Waals surface area (Å²) in [6, 6.07) is 11.5. The van der Waals surface area contributed by atoms with Gasteiger partial charge in [-0.1, -0.05) is 41.4 Å². The number of allylic oxidation sites excluding steroid dienone is 1. The number of phenols is 1. The van der Waals surface area contributed by atoms with Crippen LogP contribution in [0.25, 0.3) is 6.08 Å². The maximum absolute atomic E-state index is 12.0. The number of rotatable bonds is 3. The quantitative estimate of drug-likeness (QED) is 0.663. The Bertz CT molecular complexity index is 648. The molecule has 0 saturated heterocycles. The molecule has 0 radical (unpaired) electrons. The molecule has 1 N–H and O–H groups in total. The molecule has 0 unspecified atom stereocenters. The highest BCUT2D eigenvalue weighted by molar-refractivity contribution is 6.32. The summed E-state index contributed by atoms with van der Waals surface area (Å²) in [5.41, 5.74) is 0.898. The van der Waals surface area contributed by atoms with Crippen molar-refractivity contribution in [1.82, 2.24) is 0 Å². The Kier molecular flexibility index (Phi) is 4.25. The van der Waals surface area contributed by atoms with E-state index < -0.39 is 0 Å². The van der Waals surface area contributed by atoms with Crippen LogP contribution in [-0.4, -0.2) is 10.9 Å². The molecule has 96 valence electrons. The SMILES string of the molecule is O=C(/C=C/c1ccccc1Cl)c1cc(Cl)ccc1O. The van der Waals surface area contributed by atoms with Crippen LogP contribution >= 0.6 is 23.2 Å². The van der Waals surface area contributed by atoms with E-state index in [9.17, 15) is 9.90 Å². The number of hydrogen-bond donors (Lipinski definition) is 1. The van der Waals surface area contributed by atoms with Gasteiger partial charge in [-0.25, -0.2) is 0 Å². The number of halogens is 2. The predicted octanol–water partition coefficient (Wildman–Crippen LogP) is 4.60. The summed E-state index contributed by atoms with van der Waals surface area (Å²) in [6.07, 6.45) is 2.96. The van der Waals surface area contributed by atoms with Gasteiger partial charge in [-0.3, -0.25) is 4.79 Å². The Labute approximate surface area is 120 Å². The molecule has 0 heterocycles. The smallest absolute Gasteiger partial charge is 0.189 e. The lowest BCUT2D eigenvalue weighted by molar-refractivity contribution is 0.104. The van der Waals surface area contributed by atoms with Gasteiger partial charge in [0.1, 0.15) is 5.75 Å². The first-order chi connectivity index (χ1) is 9.08. The van der Waals surface area contributed by atoms with Crippen molar-refractivity contribution in [1.29, 1.82) is 0 Å². The predicted molar refractivity (Wildman–Crippen MR) is 77.9 cm³/mol. The summed E-state index contributed by atoms with van der Waals surface area (Å²) in [7, 11) is 0. The first-order valence-corrected chi connectivity index (χ1v) is 6.29. The fourth-order valence-electron chi connectivity index (χ4n) is 1.57. The molecule has 2 nitrogen and oxygen atoms in total. The van der Waals surface area contributed by atoms with Crippen molar-refractivity contribution in [3.8, 4) is 5.75 Å². The minimum Gasteiger partial charge on any atom is -0.507 e. The third-order valence-electron chi connectivity index (χ3n) is 2.54. The first-order valence-electron chi connectivity index (χ1n) is 5.53. The normalized spacial score (nSPS) is 10.8. The molecule has 19 heavy (non-hydrogen) atoms. The van der Waals surface area contributed by atoms with Crippen molar-refractivity contribution >= 4 is 35.1 Å². The molecular formula is C15H10Cl2O2. The molecule has 0 bridgehead atoms. The second kappa shape index (κ2) is 5.91. The van der Waals surface area contributed by atoms with Gasteiger partial charge < -0.3 is 5.11 Å². The standard InChI is InChI=1S/C15H10Cl2O2/c16-11-6-8-15(19)12(9-11)14(18)7-5-10-3-1-2-4-13(10)17/h1-9,19H/b7-5+. The second-order valence-electron chi connectivity index (χ2n) is 3.88. The minimum absolute atomic E-state index is 0.0989. The maximum Gasteiger partial charge on any atom is 0.189 e. The number of carbonyl (C=O) groups excluding carboxylic acids is 1. The van der Waals surface area contributed by atoms with Gasteiger partial charge >= 0.3 is 0 Å². The van der Waals surface area contributed by atoms with E-state index in [1.165, 1.54) is 24.3 Å². The van der Waals surface area contributed by atoms with E-state index in [2.05, 4.69) is 0 Å². The van der Waals surface area contributed by atoms with Gasteiger partial charge in [0.2, 0.25) is 0 Å². The van der Waals surface area contributed by atoms with Gasteiger partial charge in [-0.2, -0.15) is 0 Å². The van der Waals surface area contributed by atoms with Gasteiger partial charge in [0.05, 0.1) is 5.56 Å². The van der Waals surface area contributed by atoms with Crippen LogP contribution in [0.5, 0.6) is 5.75 Å². The lowest BCUT2D eigenvalue weighted by Crippen LogP contribution is -1.94. The van der Waals surface area contributed by atoms with E-state index >= 15 is 0 Å². The zero-order valence-electron chi connectivity index (χ0n) is 9.81. The number of aromatic hydroxyl groups is 1. The number of ketones is 1. The molecule has 0 aromatic heterocycles. The number of phenolic OH excluding ortho intramolecular Hbond substituents is 1. The van der Waals surface area contributed by atoms with Crippen LogP contribution in [0.1, 0.15) is 15.9 Å². The molecule has 0 atom stereocenters. The van der Waals surface area contributed by atoms with E-state index in [4.69, 9.17) is 23.2 Å². The van der Waals surface area contributed by atoms with Gasteiger partial charge in [0.15, 0.2) is 5.78 Å². The fraction of sp³-hybridized carbons (Fsp3) is 0. The Morgan fingerprint density at radius 1 is 1.11 bits per heavy atom. The van der Waals surface area contributed by atoms with Crippen molar-refractivity contribution in [2.45, 2.75) is 0 Å². The number of carbonyl (C=O) groups is 1. The summed E-state index contributed by atoms with van der Waals surface area (Å²) in [5.74, 6) is -0.432. The molecule has 0 aliphatic rings. The van der Waals surface area contributed by atoms with Crippen LogP contribution in [-0.2, 0) is 0 Å². The van der Waals surface area contributed by atoms with E-state index in [1.54, 1.807) is 18.2 Å². The zero-order chi connectivity index (χ0) is 13.8.